The average molecular weight is 485 g/mol. The Hall–Kier alpha value is -3.82. The van der Waals surface area contributed by atoms with Crippen LogP contribution < -0.4 is 4.74 Å². The molecule has 9 nitrogen and oxygen atoms in total. The van der Waals surface area contributed by atoms with Gasteiger partial charge in [-0.05, 0) is 59.9 Å². The molecule has 0 saturated carbocycles. The van der Waals surface area contributed by atoms with Gasteiger partial charge in [0.15, 0.2) is 0 Å². The van der Waals surface area contributed by atoms with Gasteiger partial charge in [-0.25, -0.2) is 9.97 Å². The number of aliphatic hydroxyl groups is 1. The van der Waals surface area contributed by atoms with Gasteiger partial charge in [-0.15, -0.1) is 0 Å². The summed E-state index contributed by atoms with van der Waals surface area (Å²) in [5.41, 5.74) is 2.97. The number of benzene rings is 2. The number of nitrogens with one attached hydrogen (secondary N) is 1. The Morgan fingerprint density at radius 3 is 2.47 bits per heavy atom. The Labute approximate surface area is 208 Å². The Morgan fingerprint density at radius 2 is 1.75 bits per heavy atom. The average Bonchev–Trinajstić information content (AvgIpc) is 3.56. The molecule has 0 spiro atoms. The van der Waals surface area contributed by atoms with Gasteiger partial charge >= 0.3 is 6.01 Å². The van der Waals surface area contributed by atoms with Gasteiger partial charge < -0.3 is 14.7 Å². The molecule has 0 radical (unpaired) electrons. The highest BCUT2D eigenvalue weighted by Gasteiger charge is 2.35. The Balaban J connectivity index is 1.07. The van der Waals surface area contributed by atoms with Crippen molar-refractivity contribution in [3.8, 4) is 23.0 Å². The molecule has 36 heavy (non-hydrogen) atoms. The van der Waals surface area contributed by atoms with Crippen molar-refractivity contribution in [3.63, 3.8) is 0 Å². The summed E-state index contributed by atoms with van der Waals surface area (Å²) in [6, 6.07) is 14.9. The highest BCUT2D eigenvalue weighted by atomic mass is 16.5. The molecule has 2 N–H and O–H groups in total. The first-order chi connectivity index (χ1) is 17.6. The van der Waals surface area contributed by atoms with Crippen LogP contribution in [0.1, 0.15) is 24.8 Å². The number of nitrogens with zero attached hydrogens (tertiary/aromatic N) is 5. The van der Waals surface area contributed by atoms with Crippen LogP contribution >= 0.6 is 0 Å². The Kier molecular flexibility index (Phi) is 6.08. The molecule has 2 aromatic carbocycles. The maximum atomic E-state index is 12.1. The van der Waals surface area contributed by atoms with Crippen molar-refractivity contribution in [2.24, 2.45) is 0 Å². The smallest absolute Gasteiger partial charge is 0.321 e. The van der Waals surface area contributed by atoms with Gasteiger partial charge in [-0.1, -0.05) is 18.2 Å². The van der Waals surface area contributed by atoms with Crippen LogP contribution in [0.4, 0.5) is 0 Å². The SMILES string of the molecule is O=C1C(O)CCN1C1CCN(Cc2ccc3cc(Oc4ncc(-c5ccn[nH]5)cn4)ccc3c2)CC1. The minimum atomic E-state index is -0.799. The first kappa shape index (κ1) is 22.6. The van der Waals surface area contributed by atoms with Crippen LogP contribution in [0.25, 0.3) is 22.0 Å². The predicted molar refractivity (Wildman–Crippen MR) is 134 cm³/mol. The van der Waals surface area contributed by atoms with Crippen molar-refractivity contribution in [3.05, 3.63) is 66.6 Å². The molecule has 2 saturated heterocycles. The number of hydrogen-bond donors (Lipinski definition) is 2. The highest BCUT2D eigenvalue weighted by molar-refractivity contribution is 5.84. The summed E-state index contributed by atoms with van der Waals surface area (Å²) >= 11 is 0. The number of H-pyrrole nitrogens is 1. The van der Waals surface area contributed by atoms with E-state index in [0.717, 1.165) is 54.5 Å². The summed E-state index contributed by atoms with van der Waals surface area (Å²) in [5, 5.41) is 18.8. The standard InChI is InChI=1S/C27H28N6O3/c34-25-8-12-33(26(25)35)22-6-10-32(11-7-22)17-18-1-2-20-14-23(4-3-19(20)13-18)36-27-28-15-21(16-29-27)24-5-9-30-31-24/h1-5,9,13-16,22,25,34H,6-8,10-12,17H2,(H,30,31). The number of carbonyl (C=O) groups is 1. The Morgan fingerprint density at radius 1 is 0.972 bits per heavy atom. The molecule has 4 aromatic rings. The van der Waals surface area contributed by atoms with E-state index in [2.05, 4.69) is 49.3 Å². The number of rotatable bonds is 6. The quantitative estimate of drug-likeness (QED) is 0.432. The zero-order valence-corrected chi connectivity index (χ0v) is 19.9. The molecule has 2 aromatic heterocycles. The number of aliphatic hydroxyl groups excluding tert-OH is 1. The van der Waals surface area contributed by atoms with Crippen molar-refractivity contribution in [2.45, 2.75) is 38.0 Å². The topological polar surface area (TPSA) is 107 Å². The van der Waals surface area contributed by atoms with Crippen molar-refractivity contribution in [2.75, 3.05) is 19.6 Å². The number of aromatic amines is 1. The van der Waals surface area contributed by atoms with Gasteiger partial charge in [0, 0.05) is 56.4 Å². The summed E-state index contributed by atoms with van der Waals surface area (Å²) in [6.07, 6.45) is 6.78. The summed E-state index contributed by atoms with van der Waals surface area (Å²) in [4.78, 5) is 25.1. The van der Waals surface area contributed by atoms with Gasteiger partial charge in [0.1, 0.15) is 11.9 Å². The number of ether oxygens (including phenoxy) is 1. The zero-order valence-electron chi connectivity index (χ0n) is 19.9. The summed E-state index contributed by atoms with van der Waals surface area (Å²) < 4.78 is 5.88. The number of carbonyl (C=O) groups excluding carboxylic acids is 1. The minimum Gasteiger partial charge on any atom is -0.424 e. The van der Waals surface area contributed by atoms with E-state index in [1.165, 1.54) is 5.56 Å². The highest BCUT2D eigenvalue weighted by Crippen LogP contribution is 2.27. The number of amides is 1. The minimum absolute atomic E-state index is 0.0935. The second kappa shape index (κ2) is 9.67. The van der Waals surface area contributed by atoms with E-state index in [9.17, 15) is 9.90 Å². The summed E-state index contributed by atoms with van der Waals surface area (Å²) in [5.74, 6) is 0.595. The van der Waals surface area contributed by atoms with Gasteiger partial charge in [0.25, 0.3) is 5.91 Å². The summed E-state index contributed by atoms with van der Waals surface area (Å²) in [7, 11) is 0. The molecular weight excluding hydrogens is 456 g/mol. The van der Waals surface area contributed by atoms with Crippen LogP contribution in [0, 0.1) is 0 Å². The maximum absolute atomic E-state index is 12.1. The lowest BCUT2D eigenvalue weighted by atomic mass is 10.0. The first-order valence-electron chi connectivity index (χ1n) is 12.4. The number of aromatic nitrogens is 4. The van der Waals surface area contributed by atoms with Crippen LogP contribution in [-0.4, -0.2) is 72.8 Å². The third-order valence-corrected chi connectivity index (χ3v) is 7.14. The molecule has 9 heteroatoms. The Bertz CT molecular complexity index is 1350. The number of fused-ring (bicyclic) bond motifs is 1. The fraction of sp³-hybridized carbons (Fsp3) is 0.333. The van der Waals surface area contributed by atoms with E-state index in [1.807, 2.05) is 23.1 Å². The third kappa shape index (κ3) is 4.67. The summed E-state index contributed by atoms with van der Waals surface area (Å²) in [6.45, 7) is 3.47. The van der Waals surface area contributed by atoms with Gasteiger partial charge in [0.2, 0.25) is 0 Å². The molecule has 2 fully saturated rings. The van der Waals surface area contributed by atoms with E-state index in [4.69, 9.17) is 4.74 Å². The second-order valence-electron chi connectivity index (χ2n) is 9.51. The first-order valence-corrected chi connectivity index (χ1v) is 12.4. The molecule has 0 aliphatic carbocycles. The van der Waals surface area contributed by atoms with E-state index in [-0.39, 0.29) is 11.9 Å². The molecule has 0 bridgehead atoms. The van der Waals surface area contributed by atoms with Crippen LogP contribution in [0.3, 0.4) is 0 Å². The number of likely N-dealkylation sites (tertiary alicyclic amines) is 2. The molecule has 1 unspecified atom stereocenters. The lowest BCUT2D eigenvalue weighted by molar-refractivity contribution is -0.137. The third-order valence-electron chi connectivity index (χ3n) is 7.14. The van der Waals surface area contributed by atoms with Crippen molar-refractivity contribution in [1.29, 1.82) is 0 Å². The van der Waals surface area contributed by atoms with Crippen LogP contribution in [0.5, 0.6) is 11.8 Å². The monoisotopic (exact) mass is 484 g/mol. The normalized spacial score (nSPS) is 19.3. The predicted octanol–water partition coefficient (Wildman–Crippen LogP) is 3.37. The van der Waals surface area contributed by atoms with E-state index in [1.54, 1.807) is 18.6 Å². The van der Waals surface area contributed by atoms with Crippen molar-refractivity contribution >= 4 is 16.7 Å². The zero-order chi connectivity index (χ0) is 24.5. The molecule has 1 amide bonds. The van der Waals surface area contributed by atoms with Gasteiger partial charge in [-0.3, -0.25) is 14.8 Å². The lowest BCUT2D eigenvalue weighted by Crippen LogP contribution is -2.46. The van der Waals surface area contributed by atoms with Crippen molar-refractivity contribution in [1.82, 2.24) is 30.0 Å². The number of piperidine rings is 1. The fourth-order valence-corrected chi connectivity index (χ4v) is 5.16. The molecule has 6 rings (SSSR count). The molecule has 4 heterocycles. The molecule has 2 aliphatic rings. The molecule has 1 atom stereocenters. The largest absolute Gasteiger partial charge is 0.424 e. The molecule has 2 aliphatic heterocycles. The second-order valence-corrected chi connectivity index (χ2v) is 9.51. The van der Waals surface area contributed by atoms with E-state index in [0.29, 0.717) is 24.7 Å². The fourth-order valence-electron chi connectivity index (χ4n) is 5.16. The van der Waals surface area contributed by atoms with Crippen LogP contribution in [0.15, 0.2) is 61.1 Å². The molecular formula is C27H28N6O3. The van der Waals surface area contributed by atoms with E-state index < -0.39 is 6.10 Å². The van der Waals surface area contributed by atoms with E-state index >= 15 is 0 Å². The van der Waals surface area contributed by atoms with Gasteiger partial charge in [0.05, 0.1) is 5.69 Å². The van der Waals surface area contributed by atoms with Gasteiger partial charge in [-0.2, -0.15) is 5.10 Å². The number of hydrogen-bond acceptors (Lipinski definition) is 7. The van der Waals surface area contributed by atoms with Crippen LogP contribution in [-0.2, 0) is 11.3 Å². The van der Waals surface area contributed by atoms with Crippen LogP contribution in [0.2, 0.25) is 0 Å². The van der Waals surface area contributed by atoms with Crippen molar-refractivity contribution < 1.29 is 14.6 Å². The lowest BCUT2D eigenvalue weighted by Gasteiger charge is -2.36. The maximum Gasteiger partial charge on any atom is 0.321 e. The molecule has 184 valence electrons.